The lowest BCUT2D eigenvalue weighted by Gasteiger charge is -2.19. The second-order valence-electron chi connectivity index (χ2n) is 3.93. The van der Waals surface area contributed by atoms with Crippen LogP contribution in [0.4, 0.5) is 0 Å². The lowest BCUT2D eigenvalue weighted by Crippen LogP contribution is -2.38. The van der Waals surface area contributed by atoms with Gasteiger partial charge in [-0.05, 0) is 40.1 Å². The molecule has 0 aromatic carbocycles. The van der Waals surface area contributed by atoms with Crippen LogP contribution in [0.1, 0.15) is 23.2 Å². The molecule has 0 saturated carbocycles. The van der Waals surface area contributed by atoms with Gasteiger partial charge in [0.25, 0.3) is 5.91 Å². The summed E-state index contributed by atoms with van der Waals surface area (Å²) in [6.45, 7) is 4.48. The van der Waals surface area contributed by atoms with Crippen LogP contribution in [0.2, 0.25) is 0 Å². The number of nitrogens with one attached hydrogen (secondary N) is 1. The summed E-state index contributed by atoms with van der Waals surface area (Å²) in [4.78, 5) is 13.6. The molecule has 84 valence electrons. The van der Waals surface area contributed by atoms with E-state index in [4.69, 9.17) is 4.42 Å². The van der Waals surface area contributed by atoms with Gasteiger partial charge in [-0.3, -0.25) is 4.79 Å². The number of hydrogen-bond acceptors (Lipinski definition) is 3. The molecular formula is C11H18N2O2. The molecule has 0 spiro atoms. The minimum Gasteiger partial charge on any atom is -0.456 e. The van der Waals surface area contributed by atoms with Crippen molar-refractivity contribution in [2.24, 2.45) is 0 Å². The van der Waals surface area contributed by atoms with Crippen molar-refractivity contribution in [2.75, 3.05) is 20.6 Å². The van der Waals surface area contributed by atoms with Crippen LogP contribution in [0.5, 0.6) is 0 Å². The van der Waals surface area contributed by atoms with Gasteiger partial charge in [0, 0.05) is 12.6 Å². The third kappa shape index (κ3) is 3.40. The van der Waals surface area contributed by atoms with Crippen molar-refractivity contribution in [3.05, 3.63) is 23.7 Å². The van der Waals surface area contributed by atoms with Crippen molar-refractivity contribution in [1.82, 2.24) is 10.2 Å². The molecule has 1 atom stereocenters. The van der Waals surface area contributed by atoms with Gasteiger partial charge in [-0.2, -0.15) is 0 Å². The first-order chi connectivity index (χ1) is 7.00. The highest BCUT2D eigenvalue weighted by atomic mass is 16.3. The summed E-state index contributed by atoms with van der Waals surface area (Å²) in [5.74, 6) is 0.969. The molecule has 0 aliphatic carbocycles. The molecule has 1 aromatic rings. The lowest BCUT2D eigenvalue weighted by molar-refractivity contribution is 0.0914. The number of amides is 1. The number of likely N-dealkylation sites (N-methyl/N-ethyl adjacent to an activating group) is 1. The third-order valence-corrected chi connectivity index (χ3v) is 2.40. The normalized spacial score (nSPS) is 12.9. The van der Waals surface area contributed by atoms with Crippen molar-refractivity contribution in [2.45, 2.75) is 19.9 Å². The standard InChI is InChI=1S/C11H18N2O2/c1-8(13(3)4)7-12-11(14)10-6-5-9(2)15-10/h5-6,8H,7H2,1-4H3,(H,12,14)/t8-/m1/s1. The second-order valence-corrected chi connectivity index (χ2v) is 3.93. The largest absolute Gasteiger partial charge is 0.456 e. The minimum atomic E-state index is -0.156. The average Bonchev–Trinajstić information content (AvgIpc) is 2.60. The fraction of sp³-hybridized carbons (Fsp3) is 0.545. The van der Waals surface area contributed by atoms with Crippen LogP contribution in [-0.2, 0) is 0 Å². The number of hydrogen-bond donors (Lipinski definition) is 1. The summed E-state index contributed by atoms with van der Waals surface area (Å²) in [7, 11) is 3.96. The molecule has 0 bridgehead atoms. The van der Waals surface area contributed by atoms with Crippen molar-refractivity contribution in [1.29, 1.82) is 0 Å². The van der Waals surface area contributed by atoms with Gasteiger partial charge in [0.2, 0.25) is 0 Å². The number of aryl methyl sites for hydroxylation is 1. The van der Waals surface area contributed by atoms with Gasteiger partial charge in [0.05, 0.1) is 0 Å². The molecule has 1 aromatic heterocycles. The van der Waals surface area contributed by atoms with E-state index in [2.05, 4.69) is 5.32 Å². The maximum Gasteiger partial charge on any atom is 0.287 e. The summed E-state index contributed by atoms with van der Waals surface area (Å²) >= 11 is 0. The Balaban J connectivity index is 2.43. The number of furan rings is 1. The van der Waals surface area contributed by atoms with Crippen LogP contribution in [-0.4, -0.2) is 37.5 Å². The Labute approximate surface area is 90.3 Å². The topological polar surface area (TPSA) is 45.5 Å². The zero-order valence-electron chi connectivity index (χ0n) is 9.70. The molecule has 0 radical (unpaired) electrons. The number of carbonyl (C=O) groups excluding carboxylic acids is 1. The van der Waals surface area contributed by atoms with E-state index in [-0.39, 0.29) is 5.91 Å². The molecule has 4 nitrogen and oxygen atoms in total. The lowest BCUT2D eigenvalue weighted by atomic mass is 10.3. The molecule has 0 aliphatic heterocycles. The van der Waals surface area contributed by atoms with Crippen LogP contribution >= 0.6 is 0 Å². The molecule has 4 heteroatoms. The Morgan fingerprint density at radius 1 is 1.53 bits per heavy atom. The maximum absolute atomic E-state index is 11.6. The fourth-order valence-electron chi connectivity index (χ4n) is 1.07. The van der Waals surface area contributed by atoms with Gasteiger partial charge in [-0.25, -0.2) is 0 Å². The number of carbonyl (C=O) groups is 1. The molecule has 0 unspecified atom stereocenters. The van der Waals surface area contributed by atoms with Crippen LogP contribution < -0.4 is 5.32 Å². The number of rotatable bonds is 4. The van der Waals surface area contributed by atoms with Gasteiger partial charge < -0.3 is 14.6 Å². The average molecular weight is 210 g/mol. The van der Waals surface area contributed by atoms with Crippen molar-refractivity contribution < 1.29 is 9.21 Å². The SMILES string of the molecule is Cc1ccc(C(=O)NC[C@@H](C)N(C)C)o1. The Morgan fingerprint density at radius 2 is 2.20 bits per heavy atom. The molecule has 1 N–H and O–H groups in total. The zero-order chi connectivity index (χ0) is 11.4. The van der Waals surface area contributed by atoms with Crippen molar-refractivity contribution in [3.63, 3.8) is 0 Å². The summed E-state index contributed by atoms with van der Waals surface area (Å²) in [6, 6.07) is 3.78. The van der Waals surface area contributed by atoms with Gasteiger partial charge in [-0.1, -0.05) is 0 Å². The monoisotopic (exact) mass is 210 g/mol. The predicted octanol–water partition coefficient (Wildman–Crippen LogP) is 1.27. The molecule has 0 saturated heterocycles. The first kappa shape index (κ1) is 11.8. The maximum atomic E-state index is 11.6. The van der Waals surface area contributed by atoms with E-state index < -0.39 is 0 Å². The molecule has 0 fully saturated rings. The van der Waals surface area contributed by atoms with Gasteiger partial charge >= 0.3 is 0 Å². The molecule has 1 rings (SSSR count). The first-order valence-corrected chi connectivity index (χ1v) is 5.01. The second kappa shape index (κ2) is 4.98. The minimum absolute atomic E-state index is 0.156. The number of nitrogens with zero attached hydrogens (tertiary/aromatic N) is 1. The van der Waals surface area contributed by atoms with E-state index in [9.17, 15) is 4.79 Å². The third-order valence-electron chi connectivity index (χ3n) is 2.40. The molecular weight excluding hydrogens is 192 g/mol. The highest BCUT2D eigenvalue weighted by molar-refractivity contribution is 5.91. The zero-order valence-corrected chi connectivity index (χ0v) is 9.70. The molecule has 15 heavy (non-hydrogen) atoms. The van der Waals surface area contributed by atoms with E-state index in [1.807, 2.05) is 32.8 Å². The summed E-state index contributed by atoms with van der Waals surface area (Å²) in [5.41, 5.74) is 0. The van der Waals surface area contributed by atoms with Gasteiger partial charge in [0.1, 0.15) is 5.76 Å². The fourth-order valence-corrected chi connectivity index (χ4v) is 1.07. The smallest absolute Gasteiger partial charge is 0.287 e. The van der Waals surface area contributed by atoms with E-state index in [0.717, 1.165) is 5.76 Å². The Kier molecular flexibility index (Phi) is 3.91. The molecule has 1 heterocycles. The van der Waals surface area contributed by atoms with Crippen LogP contribution in [0.3, 0.4) is 0 Å². The van der Waals surface area contributed by atoms with Crippen LogP contribution in [0, 0.1) is 6.92 Å². The van der Waals surface area contributed by atoms with Gasteiger partial charge in [0.15, 0.2) is 5.76 Å². The Bertz CT molecular complexity index is 331. The summed E-state index contributed by atoms with van der Waals surface area (Å²) in [6.07, 6.45) is 0. The Morgan fingerprint density at radius 3 is 2.67 bits per heavy atom. The van der Waals surface area contributed by atoms with Crippen molar-refractivity contribution >= 4 is 5.91 Å². The quantitative estimate of drug-likeness (QED) is 0.814. The van der Waals surface area contributed by atoms with E-state index >= 15 is 0 Å². The van der Waals surface area contributed by atoms with E-state index in [0.29, 0.717) is 18.3 Å². The molecule has 0 aliphatic rings. The summed E-state index contributed by atoms with van der Waals surface area (Å²) < 4.78 is 5.21. The van der Waals surface area contributed by atoms with E-state index in [1.165, 1.54) is 0 Å². The van der Waals surface area contributed by atoms with Gasteiger partial charge in [-0.15, -0.1) is 0 Å². The van der Waals surface area contributed by atoms with Crippen LogP contribution in [0.25, 0.3) is 0 Å². The van der Waals surface area contributed by atoms with Crippen LogP contribution in [0.15, 0.2) is 16.5 Å². The first-order valence-electron chi connectivity index (χ1n) is 5.01. The van der Waals surface area contributed by atoms with Crippen molar-refractivity contribution in [3.8, 4) is 0 Å². The molecule has 1 amide bonds. The highest BCUT2D eigenvalue weighted by Gasteiger charge is 2.11. The highest BCUT2D eigenvalue weighted by Crippen LogP contribution is 2.05. The Hall–Kier alpha value is -1.29. The summed E-state index contributed by atoms with van der Waals surface area (Å²) in [5, 5.41) is 2.82. The predicted molar refractivity (Wildman–Crippen MR) is 58.9 cm³/mol. The van der Waals surface area contributed by atoms with E-state index in [1.54, 1.807) is 12.1 Å².